The number of rotatable bonds is 4. The molecule has 21 heavy (non-hydrogen) atoms. The Morgan fingerprint density at radius 3 is 2.33 bits per heavy atom. The predicted octanol–water partition coefficient (Wildman–Crippen LogP) is 2.86. The number of nitrogens with one attached hydrogen (secondary N) is 1. The molecule has 1 saturated carbocycles. The van der Waals surface area contributed by atoms with Crippen LogP contribution in [0.1, 0.15) is 72.6 Å². The topological polar surface area (TPSA) is 49.4 Å². The van der Waals surface area contributed by atoms with Crippen molar-refractivity contribution in [1.82, 2.24) is 10.2 Å². The average molecular weight is 294 g/mol. The first-order valence-electron chi connectivity index (χ1n) is 8.57. The molecule has 2 atom stereocenters. The first-order valence-corrected chi connectivity index (χ1v) is 8.57. The minimum Gasteiger partial charge on any atom is -0.340 e. The van der Waals surface area contributed by atoms with Gasteiger partial charge in [0.05, 0.1) is 0 Å². The van der Waals surface area contributed by atoms with Gasteiger partial charge >= 0.3 is 0 Å². The summed E-state index contributed by atoms with van der Waals surface area (Å²) in [7, 11) is 0. The zero-order valence-corrected chi connectivity index (χ0v) is 13.9. The molecule has 2 aliphatic rings. The third-order valence-corrected chi connectivity index (χ3v) is 5.09. The number of carbonyl (C=O) groups is 2. The monoisotopic (exact) mass is 294 g/mol. The smallest absolute Gasteiger partial charge is 0.249 e. The lowest BCUT2D eigenvalue weighted by atomic mass is 9.77. The summed E-state index contributed by atoms with van der Waals surface area (Å²) >= 11 is 0. The first kappa shape index (κ1) is 16.3. The zero-order chi connectivity index (χ0) is 15.6. The second-order valence-corrected chi connectivity index (χ2v) is 7.17. The van der Waals surface area contributed by atoms with Crippen LogP contribution in [0.25, 0.3) is 0 Å². The van der Waals surface area contributed by atoms with Gasteiger partial charge in [-0.1, -0.05) is 46.5 Å². The van der Waals surface area contributed by atoms with Gasteiger partial charge in [-0.3, -0.25) is 9.59 Å². The lowest BCUT2D eigenvalue weighted by Gasteiger charge is -2.50. The highest BCUT2D eigenvalue weighted by Crippen LogP contribution is 2.35. The van der Waals surface area contributed by atoms with Crippen molar-refractivity contribution in [1.29, 1.82) is 0 Å². The van der Waals surface area contributed by atoms with E-state index in [1.807, 2.05) is 18.7 Å². The van der Waals surface area contributed by atoms with Gasteiger partial charge in [0.15, 0.2) is 0 Å². The molecule has 0 aromatic heterocycles. The fourth-order valence-electron chi connectivity index (χ4n) is 4.01. The van der Waals surface area contributed by atoms with Gasteiger partial charge in [-0.25, -0.2) is 0 Å². The molecule has 2 unspecified atom stereocenters. The molecule has 1 N–H and O–H groups in total. The molecule has 120 valence electrons. The van der Waals surface area contributed by atoms with Crippen LogP contribution in [0.3, 0.4) is 0 Å². The van der Waals surface area contributed by atoms with E-state index in [0.717, 1.165) is 38.5 Å². The lowest BCUT2D eigenvalue weighted by Crippen LogP contribution is -2.73. The van der Waals surface area contributed by atoms with E-state index >= 15 is 0 Å². The van der Waals surface area contributed by atoms with Gasteiger partial charge < -0.3 is 10.2 Å². The van der Waals surface area contributed by atoms with E-state index in [2.05, 4.69) is 19.2 Å². The number of piperazine rings is 1. The summed E-state index contributed by atoms with van der Waals surface area (Å²) in [6.07, 6.45) is 6.84. The van der Waals surface area contributed by atoms with Crippen molar-refractivity contribution < 1.29 is 9.59 Å². The highest BCUT2D eigenvalue weighted by atomic mass is 16.2. The standard InChI is InChI=1S/C17H30N2O2/c1-5-9-13(4)19-14(12(2)3)15(20)18-17(16(19)21)10-7-6-8-11-17/h12-14H,5-11H2,1-4H3,(H,18,20). The zero-order valence-electron chi connectivity index (χ0n) is 13.9. The van der Waals surface area contributed by atoms with Gasteiger partial charge in [0, 0.05) is 6.04 Å². The van der Waals surface area contributed by atoms with Crippen LogP contribution in [0.15, 0.2) is 0 Å². The van der Waals surface area contributed by atoms with E-state index in [9.17, 15) is 9.59 Å². The first-order chi connectivity index (χ1) is 9.93. The van der Waals surface area contributed by atoms with E-state index in [4.69, 9.17) is 0 Å². The van der Waals surface area contributed by atoms with E-state index < -0.39 is 5.54 Å². The summed E-state index contributed by atoms with van der Waals surface area (Å²) in [5.74, 6) is 0.366. The van der Waals surface area contributed by atoms with Crippen molar-refractivity contribution in [3.05, 3.63) is 0 Å². The molecule has 1 spiro atoms. The summed E-state index contributed by atoms with van der Waals surface area (Å²) in [4.78, 5) is 27.8. The maximum Gasteiger partial charge on any atom is 0.249 e. The fraction of sp³-hybridized carbons (Fsp3) is 0.882. The Kier molecular flexibility index (Phi) is 4.95. The molecule has 4 heteroatoms. The Hall–Kier alpha value is -1.06. The van der Waals surface area contributed by atoms with Gasteiger partial charge in [0.2, 0.25) is 11.8 Å². The molecule has 4 nitrogen and oxygen atoms in total. The van der Waals surface area contributed by atoms with E-state index in [-0.39, 0.29) is 29.8 Å². The molecular weight excluding hydrogens is 264 g/mol. The largest absolute Gasteiger partial charge is 0.340 e. The molecule has 2 fully saturated rings. The number of carbonyl (C=O) groups excluding carboxylic acids is 2. The van der Waals surface area contributed by atoms with E-state index in [0.29, 0.717) is 0 Å². The highest BCUT2D eigenvalue weighted by molar-refractivity contribution is 6.00. The molecule has 1 heterocycles. The van der Waals surface area contributed by atoms with Crippen molar-refractivity contribution in [2.45, 2.75) is 90.3 Å². The SMILES string of the molecule is CCCC(C)N1C(=O)C2(CCCCC2)NC(=O)C1C(C)C. The van der Waals surface area contributed by atoms with Crippen molar-refractivity contribution >= 4 is 11.8 Å². The molecule has 2 amide bonds. The van der Waals surface area contributed by atoms with Gasteiger partial charge in [0.25, 0.3) is 0 Å². The number of amides is 2. The Bertz CT molecular complexity index is 400. The second-order valence-electron chi connectivity index (χ2n) is 7.17. The number of hydrogen-bond donors (Lipinski definition) is 1. The van der Waals surface area contributed by atoms with Crippen LogP contribution < -0.4 is 5.32 Å². The minimum absolute atomic E-state index is 0.0504. The Morgan fingerprint density at radius 1 is 1.19 bits per heavy atom. The number of nitrogens with zero attached hydrogens (tertiary/aromatic N) is 1. The van der Waals surface area contributed by atoms with Gasteiger partial charge in [-0.05, 0) is 32.1 Å². The molecule has 0 bridgehead atoms. The second kappa shape index (κ2) is 6.37. The van der Waals surface area contributed by atoms with Crippen LogP contribution in [-0.4, -0.2) is 34.3 Å². The summed E-state index contributed by atoms with van der Waals surface area (Å²) in [6.45, 7) is 8.28. The molecule has 1 aliphatic heterocycles. The van der Waals surface area contributed by atoms with Crippen LogP contribution in [0.5, 0.6) is 0 Å². The summed E-state index contributed by atoms with van der Waals surface area (Å²) in [5.41, 5.74) is -0.608. The van der Waals surface area contributed by atoms with Crippen LogP contribution in [0, 0.1) is 5.92 Å². The fourth-order valence-corrected chi connectivity index (χ4v) is 4.01. The van der Waals surface area contributed by atoms with Crippen molar-refractivity contribution in [3.8, 4) is 0 Å². The van der Waals surface area contributed by atoms with Crippen molar-refractivity contribution in [3.63, 3.8) is 0 Å². The van der Waals surface area contributed by atoms with Crippen LogP contribution in [0.4, 0.5) is 0 Å². The molecule has 2 rings (SSSR count). The Balaban J connectivity index is 2.33. The quantitative estimate of drug-likeness (QED) is 0.866. The van der Waals surface area contributed by atoms with E-state index in [1.54, 1.807) is 0 Å². The average Bonchev–Trinajstić information content (AvgIpc) is 2.43. The summed E-state index contributed by atoms with van der Waals surface area (Å²) in [5, 5.41) is 3.11. The molecular formula is C17H30N2O2. The normalized spacial score (nSPS) is 27.1. The van der Waals surface area contributed by atoms with Crippen LogP contribution in [0.2, 0.25) is 0 Å². The Morgan fingerprint density at radius 2 is 1.81 bits per heavy atom. The predicted molar refractivity (Wildman–Crippen MR) is 83.8 cm³/mol. The van der Waals surface area contributed by atoms with Crippen LogP contribution in [-0.2, 0) is 9.59 Å². The molecule has 0 aromatic rings. The van der Waals surface area contributed by atoms with Crippen molar-refractivity contribution in [2.24, 2.45) is 5.92 Å². The van der Waals surface area contributed by atoms with E-state index in [1.165, 1.54) is 6.42 Å². The number of hydrogen-bond acceptors (Lipinski definition) is 2. The van der Waals surface area contributed by atoms with Gasteiger partial charge in [-0.2, -0.15) is 0 Å². The third kappa shape index (κ3) is 2.95. The molecule has 1 saturated heterocycles. The highest BCUT2D eigenvalue weighted by Gasteiger charge is 2.52. The lowest BCUT2D eigenvalue weighted by molar-refractivity contribution is -0.161. The maximum absolute atomic E-state index is 13.2. The molecule has 0 aromatic carbocycles. The Labute approximate surface area is 128 Å². The van der Waals surface area contributed by atoms with Gasteiger partial charge in [-0.15, -0.1) is 0 Å². The summed E-state index contributed by atoms with van der Waals surface area (Å²) < 4.78 is 0. The summed E-state index contributed by atoms with van der Waals surface area (Å²) in [6, 6.07) is -0.175. The minimum atomic E-state index is -0.608. The van der Waals surface area contributed by atoms with Crippen LogP contribution >= 0.6 is 0 Å². The van der Waals surface area contributed by atoms with Gasteiger partial charge in [0.1, 0.15) is 11.6 Å². The van der Waals surface area contributed by atoms with Crippen molar-refractivity contribution in [2.75, 3.05) is 0 Å². The molecule has 0 radical (unpaired) electrons. The third-order valence-electron chi connectivity index (χ3n) is 5.09. The molecule has 1 aliphatic carbocycles. The maximum atomic E-state index is 13.2.